The lowest BCUT2D eigenvalue weighted by molar-refractivity contribution is -0.158. The van der Waals surface area contributed by atoms with Crippen LogP contribution < -0.4 is 4.74 Å². The Morgan fingerprint density at radius 1 is 1.26 bits per heavy atom. The van der Waals surface area contributed by atoms with Gasteiger partial charge in [0.2, 0.25) is 0 Å². The van der Waals surface area contributed by atoms with Crippen molar-refractivity contribution >= 4 is 40.9 Å². The van der Waals surface area contributed by atoms with E-state index < -0.39 is 11.6 Å². The second-order valence-corrected chi connectivity index (χ2v) is 9.52. The van der Waals surface area contributed by atoms with Crippen molar-refractivity contribution in [2.75, 3.05) is 6.61 Å². The molecule has 9 heteroatoms. The van der Waals surface area contributed by atoms with Crippen LogP contribution in [0.2, 0.25) is 5.02 Å². The zero-order chi connectivity index (χ0) is 22.6. The number of rotatable bonds is 8. The molecule has 0 unspecified atom stereocenters. The van der Waals surface area contributed by atoms with Crippen LogP contribution >= 0.6 is 34.9 Å². The van der Waals surface area contributed by atoms with E-state index in [1.54, 1.807) is 44.7 Å². The minimum atomic E-state index is -1.06. The Morgan fingerprint density at radius 2 is 2.03 bits per heavy atom. The molecule has 0 bridgehead atoms. The summed E-state index contributed by atoms with van der Waals surface area (Å²) in [5.74, 6) is 1.53. The first-order chi connectivity index (χ1) is 14.7. The molecular weight excluding hydrogens is 456 g/mol. The number of carbonyl (C=O) groups excluding carboxylic acids is 1. The molecule has 31 heavy (non-hydrogen) atoms. The number of esters is 1. The van der Waals surface area contributed by atoms with Gasteiger partial charge in [0.15, 0.2) is 11.4 Å². The first-order valence-corrected chi connectivity index (χ1v) is 11.7. The van der Waals surface area contributed by atoms with Gasteiger partial charge < -0.3 is 14.6 Å². The minimum absolute atomic E-state index is 0.0323. The number of aromatic hydroxyl groups is 1. The molecule has 3 aromatic rings. The van der Waals surface area contributed by atoms with Gasteiger partial charge in [-0.3, -0.25) is 0 Å². The number of halogens is 1. The van der Waals surface area contributed by atoms with Crippen molar-refractivity contribution in [2.45, 2.75) is 43.9 Å². The highest BCUT2D eigenvalue weighted by atomic mass is 35.5. The van der Waals surface area contributed by atoms with Crippen LogP contribution in [-0.4, -0.2) is 32.6 Å². The van der Waals surface area contributed by atoms with Crippen LogP contribution in [0.4, 0.5) is 0 Å². The predicted molar refractivity (Wildman–Crippen MR) is 124 cm³/mol. The third kappa shape index (κ3) is 5.90. The fraction of sp³-hybridized carbons (Fsp3) is 0.318. The van der Waals surface area contributed by atoms with Gasteiger partial charge in [-0.05, 0) is 81.2 Å². The van der Waals surface area contributed by atoms with Crippen LogP contribution in [0, 0.1) is 6.92 Å². The van der Waals surface area contributed by atoms with Crippen molar-refractivity contribution in [1.29, 1.82) is 0 Å². The van der Waals surface area contributed by atoms with Gasteiger partial charge in [0.05, 0.1) is 17.4 Å². The van der Waals surface area contributed by atoms with Crippen molar-refractivity contribution in [3.05, 3.63) is 52.0 Å². The lowest BCUT2D eigenvalue weighted by Gasteiger charge is -2.25. The van der Waals surface area contributed by atoms with Crippen molar-refractivity contribution in [2.24, 2.45) is 0 Å². The van der Waals surface area contributed by atoms with Gasteiger partial charge in [0.25, 0.3) is 0 Å². The van der Waals surface area contributed by atoms with E-state index in [2.05, 4.69) is 9.36 Å². The SMILES string of the molecule is CCOC(=O)C(C)(C)Oc1ccc(SCc2nc(-c3ccc(O)c(Cl)c3)ns2)cc1C. The van der Waals surface area contributed by atoms with Gasteiger partial charge in [-0.2, -0.15) is 4.37 Å². The molecule has 2 aromatic carbocycles. The summed E-state index contributed by atoms with van der Waals surface area (Å²) in [4.78, 5) is 17.7. The maximum absolute atomic E-state index is 12.1. The molecule has 1 heterocycles. The molecule has 0 radical (unpaired) electrons. The van der Waals surface area contributed by atoms with Crippen molar-refractivity contribution in [1.82, 2.24) is 9.36 Å². The van der Waals surface area contributed by atoms with Crippen molar-refractivity contribution < 1.29 is 19.4 Å². The average Bonchev–Trinajstić information content (AvgIpc) is 3.19. The second-order valence-electron chi connectivity index (χ2n) is 7.23. The van der Waals surface area contributed by atoms with E-state index in [0.29, 0.717) is 23.9 Å². The maximum atomic E-state index is 12.1. The smallest absolute Gasteiger partial charge is 0.349 e. The molecule has 0 fully saturated rings. The highest BCUT2D eigenvalue weighted by molar-refractivity contribution is 7.98. The molecule has 0 spiro atoms. The monoisotopic (exact) mass is 478 g/mol. The summed E-state index contributed by atoms with van der Waals surface area (Å²) >= 11 is 8.94. The fourth-order valence-corrected chi connectivity index (χ4v) is 4.48. The van der Waals surface area contributed by atoms with Gasteiger partial charge >= 0.3 is 5.97 Å². The molecule has 0 saturated carbocycles. The number of aromatic nitrogens is 2. The molecule has 0 atom stereocenters. The predicted octanol–water partition coefficient (Wildman–Crippen LogP) is 5.89. The molecule has 1 N–H and O–H groups in total. The summed E-state index contributed by atoms with van der Waals surface area (Å²) in [7, 11) is 0. The molecular formula is C22H23ClN2O4S2. The molecule has 0 aliphatic rings. The second kappa shape index (κ2) is 9.89. The van der Waals surface area contributed by atoms with E-state index in [0.717, 1.165) is 21.0 Å². The number of thioether (sulfide) groups is 1. The van der Waals surface area contributed by atoms with Gasteiger partial charge in [0.1, 0.15) is 16.5 Å². The van der Waals surface area contributed by atoms with Crippen LogP contribution in [0.25, 0.3) is 11.4 Å². The van der Waals surface area contributed by atoms with Gasteiger partial charge in [-0.15, -0.1) is 11.8 Å². The Hall–Kier alpha value is -2.29. The Bertz CT molecular complexity index is 1090. The number of phenols is 1. The Morgan fingerprint density at radius 3 is 2.71 bits per heavy atom. The zero-order valence-electron chi connectivity index (χ0n) is 17.6. The molecule has 0 amide bonds. The van der Waals surface area contributed by atoms with Crippen LogP contribution in [0.3, 0.4) is 0 Å². The number of benzene rings is 2. The van der Waals surface area contributed by atoms with Crippen LogP contribution in [0.1, 0.15) is 31.3 Å². The summed E-state index contributed by atoms with van der Waals surface area (Å²) < 4.78 is 15.4. The highest BCUT2D eigenvalue weighted by Gasteiger charge is 2.32. The highest BCUT2D eigenvalue weighted by Crippen LogP contribution is 2.32. The van der Waals surface area contributed by atoms with Crippen molar-refractivity contribution in [3.63, 3.8) is 0 Å². The topological polar surface area (TPSA) is 81.5 Å². The summed E-state index contributed by atoms with van der Waals surface area (Å²) in [5, 5.41) is 10.7. The van der Waals surface area contributed by atoms with E-state index in [1.165, 1.54) is 17.6 Å². The van der Waals surface area contributed by atoms with Gasteiger partial charge in [0, 0.05) is 10.5 Å². The molecule has 6 nitrogen and oxygen atoms in total. The first kappa shape index (κ1) is 23.4. The lowest BCUT2D eigenvalue weighted by Crippen LogP contribution is -2.39. The van der Waals surface area contributed by atoms with Crippen LogP contribution in [0.15, 0.2) is 41.3 Å². The third-order valence-electron chi connectivity index (χ3n) is 4.31. The summed E-state index contributed by atoms with van der Waals surface area (Å²) in [6.07, 6.45) is 0. The van der Waals surface area contributed by atoms with E-state index in [1.807, 2.05) is 25.1 Å². The molecule has 0 saturated heterocycles. The molecule has 3 rings (SSSR count). The zero-order valence-corrected chi connectivity index (χ0v) is 20.0. The lowest BCUT2D eigenvalue weighted by atomic mass is 10.1. The molecule has 0 aliphatic heterocycles. The van der Waals surface area contributed by atoms with E-state index in [-0.39, 0.29) is 10.8 Å². The molecule has 1 aromatic heterocycles. The maximum Gasteiger partial charge on any atom is 0.349 e. The third-order valence-corrected chi connectivity index (χ3v) is 6.52. The fourth-order valence-electron chi connectivity index (χ4n) is 2.67. The van der Waals surface area contributed by atoms with E-state index in [9.17, 15) is 9.90 Å². The number of nitrogens with zero attached hydrogens (tertiary/aromatic N) is 2. The normalized spacial score (nSPS) is 11.4. The van der Waals surface area contributed by atoms with Gasteiger partial charge in [-0.1, -0.05) is 11.6 Å². The number of phenolic OH excluding ortho intramolecular Hbond substituents is 1. The first-order valence-electron chi connectivity index (χ1n) is 9.60. The number of aryl methyl sites for hydroxylation is 1. The number of carbonyl (C=O) groups is 1. The Kier molecular flexibility index (Phi) is 7.46. The standard InChI is InChI=1S/C22H23ClN2O4S2/c1-5-28-21(27)22(3,4)29-18-9-7-15(10-13(18)2)30-12-19-24-20(25-31-19)14-6-8-17(26)16(23)11-14/h6-11,26H,5,12H2,1-4H3. The summed E-state index contributed by atoms with van der Waals surface area (Å²) in [6.45, 7) is 7.42. The van der Waals surface area contributed by atoms with Crippen LogP contribution in [-0.2, 0) is 15.3 Å². The summed E-state index contributed by atoms with van der Waals surface area (Å²) in [5.41, 5.74) is 0.631. The quantitative estimate of drug-likeness (QED) is 0.319. The Labute approximate surface area is 194 Å². The number of hydrogen-bond donors (Lipinski definition) is 1. The molecule has 0 aliphatic carbocycles. The number of hydrogen-bond acceptors (Lipinski definition) is 8. The Balaban J connectivity index is 1.64. The number of ether oxygens (including phenoxy) is 2. The largest absolute Gasteiger partial charge is 0.506 e. The molecule has 164 valence electrons. The summed E-state index contributed by atoms with van der Waals surface area (Å²) in [6, 6.07) is 10.8. The minimum Gasteiger partial charge on any atom is -0.506 e. The van der Waals surface area contributed by atoms with Gasteiger partial charge in [-0.25, -0.2) is 9.78 Å². The average molecular weight is 479 g/mol. The van der Waals surface area contributed by atoms with E-state index >= 15 is 0 Å². The van der Waals surface area contributed by atoms with Crippen LogP contribution in [0.5, 0.6) is 11.5 Å². The van der Waals surface area contributed by atoms with Crippen molar-refractivity contribution in [3.8, 4) is 22.9 Å². The van der Waals surface area contributed by atoms with E-state index in [4.69, 9.17) is 21.1 Å².